The lowest BCUT2D eigenvalue weighted by Crippen LogP contribution is -2.83. The predicted molar refractivity (Wildman–Crippen MR) is 249 cm³/mol. The Balaban J connectivity index is 0.966. The summed E-state index contributed by atoms with van der Waals surface area (Å²) < 4.78 is 20.8. The highest BCUT2D eigenvalue weighted by molar-refractivity contribution is 6.14. The number of allylic oxidation sites excluding steroid dienone is 1. The van der Waals surface area contributed by atoms with Gasteiger partial charge in [-0.1, -0.05) is 73.0 Å². The maximum atomic E-state index is 15.3. The molecule has 3 heterocycles. The smallest absolute Gasteiger partial charge is 0.343 e. The average Bonchev–Trinajstić information content (AvgIpc) is 4.12. The summed E-state index contributed by atoms with van der Waals surface area (Å²) in [7, 11) is 1.90. The molecule has 4 aromatic carbocycles. The topological polar surface area (TPSA) is 194 Å². The minimum atomic E-state index is -2.65. The van der Waals surface area contributed by atoms with Gasteiger partial charge in [0.05, 0.1) is 34.9 Å². The van der Waals surface area contributed by atoms with Crippen LogP contribution in [0.2, 0.25) is 0 Å². The summed E-state index contributed by atoms with van der Waals surface area (Å²) in [5.74, 6) is -4.56. The van der Waals surface area contributed by atoms with Crippen LogP contribution in [0.5, 0.6) is 11.5 Å². The number of benzene rings is 4. The van der Waals surface area contributed by atoms with E-state index in [0.29, 0.717) is 43.1 Å². The molecule has 0 unspecified atom stereocenters. The van der Waals surface area contributed by atoms with Crippen LogP contribution in [0.25, 0.3) is 38.5 Å². The number of carbonyl (C=O) groups excluding carboxylic acids is 1. The number of esters is 1. The largest absolute Gasteiger partial charge is 0.508 e. The standard InChI is InChI=1S/C55H58N2O10/c1-56-26-33-23-38-44-32-14-19-52(38,51(47(33)61)18-15-34-25-50(16-4-5-17-50)41-13-9-31-21-35(59)10-11-37(31)53(34,41)51)67-48-46(66-55(64,42(60)24-32)54(44,48)63)49(62)65-45-40(27-58)57-39-12-8-30-20-28-6-2-3-7-29(28)22-36(30)43(39)45/h2-3,6-13,20-22,24,33-34,38,41-42,44,46-48,56-61,63-64H,4-5,14-19,23,25-27H2,1H3/t33-,34-,38+,41-,42-,44-,46+,47+,48-,51+,52+,53+,54+,55-/m0/s1. The Morgan fingerprint density at radius 2 is 1.76 bits per heavy atom. The number of hydrogen-bond donors (Lipinski definition) is 8. The molecular formula is C55H58N2O10. The van der Waals surface area contributed by atoms with E-state index < -0.39 is 76.6 Å². The quantitative estimate of drug-likeness (QED) is 0.0553. The number of aromatic hydroxyl groups is 1. The van der Waals surface area contributed by atoms with Crippen molar-refractivity contribution < 1.29 is 49.6 Å². The van der Waals surface area contributed by atoms with Crippen molar-refractivity contribution >= 4 is 44.5 Å². The zero-order valence-electron chi connectivity index (χ0n) is 37.6. The summed E-state index contributed by atoms with van der Waals surface area (Å²) >= 11 is 0. The van der Waals surface area contributed by atoms with Crippen molar-refractivity contribution in [3.05, 3.63) is 101 Å². The summed E-state index contributed by atoms with van der Waals surface area (Å²) in [6, 6.07) is 21.7. The molecule has 1 aromatic heterocycles. The lowest BCUT2D eigenvalue weighted by Gasteiger charge is -2.74. The molecule has 8 N–H and O–H groups in total. The number of phenols is 1. The lowest BCUT2D eigenvalue weighted by atomic mass is 9.35. The number of carbonyl (C=O) groups is 1. The second-order valence-electron chi connectivity index (χ2n) is 22.1. The van der Waals surface area contributed by atoms with Crippen molar-refractivity contribution in [2.24, 2.45) is 40.4 Å². The fourth-order valence-electron chi connectivity index (χ4n) is 18.0. The van der Waals surface area contributed by atoms with Gasteiger partial charge in [-0.05, 0) is 151 Å². The molecular weight excluding hydrogens is 849 g/mol. The highest BCUT2D eigenvalue weighted by Crippen LogP contribution is 2.84. The molecule has 7 aliphatic carbocycles. The number of nitrogens with one attached hydrogen (secondary N) is 2. The molecule has 0 amide bonds. The first-order valence-electron chi connectivity index (χ1n) is 24.7. The number of rotatable bonds is 5. The van der Waals surface area contributed by atoms with Crippen molar-refractivity contribution in [1.29, 1.82) is 0 Å². The van der Waals surface area contributed by atoms with Crippen molar-refractivity contribution in [2.75, 3.05) is 13.6 Å². The highest BCUT2D eigenvalue weighted by atomic mass is 16.7. The third-order valence-corrected chi connectivity index (χ3v) is 20.0. The van der Waals surface area contributed by atoms with Crippen LogP contribution in [0.15, 0.2) is 84.5 Å². The molecule has 7 fully saturated rings. The second-order valence-corrected chi connectivity index (χ2v) is 22.1. The average molecular weight is 907 g/mol. The molecule has 12 heteroatoms. The normalized spacial score (nSPS) is 41.5. The van der Waals surface area contributed by atoms with E-state index >= 15 is 4.79 Å². The minimum absolute atomic E-state index is 0.0132. The number of phenolic OH excluding ortho intramolecular Hbond substituents is 1. The van der Waals surface area contributed by atoms with Crippen LogP contribution in [0, 0.1) is 40.4 Å². The van der Waals surface area contributed by atoms with E-state index in [1.165, 1.54) is 0 Å². The number of aliphatic hydroxyl groups is 5. The van der Waals surface area contributed by atoms with E-state index in [2.05, 4.69) is 34.6 Å². The number of aromatic amines is 1. The first kappa shape index (κ1) is 41.4. The summed E-state index contributed by atoms with van der Waals surface area (Å²) in [5, 5.41) is 81.7. The maximum Gasteiger partial charge on any atom is 0.343 e. The Morgan fingerprint density at radius 1 is 0.955 bits per heavy atom. The summed E-state index contributed by atoms with van der Waals surface area (Å²) in [4.78, 5) is 18.6. The van der Waals surface area contributed by atoms with Gasteiger partial charge in [0.2, 0.25) is 5.79 Å². The predicted octanol–water partition coefficient (Wildman–Crippen LogP) is 6.40. The van der Waals surface area contributed by atoms with E-state index in [0.717, 1.165) is 76.8 Å². The number of hydrogen-bond acceptors (Lipinski definition) is 11. The molecule has 5 saturated carbocycles. The zero-order chi connectivity index (χ0) is 45.6. The van der Waals surface area contributed by atoms with Gasteiger partial charge in [-0.3, -0.25) is 0 Å². The van der Waals surface area contributed by atoms with Crippen LogP contribution in [0.4, 0.5) is 0 Å². The summed E-state index contributed by atoms with van der Waals surface area (Å²) in [6.45, 7) is 0.0386. The van der Waals surface area contributed by atoms with Crippen LogP contribution in [-0.2, 0) is 26.3 Å². The number of aromatic nitrogens is 1. The van der Waals surface area contributed by atoms with Crippen LogP contribution in [0.3, 0.4) is 0 Å². The first-order valence-corrected chi connectivity index (χ1v) is 24.7. The first-order chi connectivity index (χ1) is 32.4. The lowest BCUT2D eigenvalue weighted by molar-refractivity contribution is -0.387. The molecule has 67 heavy (non-hydrogen) atoms. The van der Waals surface area contributed by atoms with E-state index in [-0.39, 0.29) is 40.4 Å². The van der Waals surface area contributed by atoms with Crippen molar-refractivity contribution in [3.63, 3.8) is 0 Å². The van der Waals surface area contributed by atoms with Gasteiger partial charge in [-0.2, -0.15) is 0 Å². The van der Waals surface area contributed by atoms with Gasteiger partial charge in [0.1, 0.15) is 18.0 Å². The van der Waals surface area contributed by atoms with Gasteiger partial charge in [-0.15, -0.1) is 0 Å². The fourth-order valence-corrected chi connectivity index (χ4v) is 18.0. The van der Waals surface area contributed by atoms with Gasteiger partial charge in [0.15, 0.2) is 17.5 Å². The number of ether oxygens (including phenoxy) is 3. The molecule has 348 valence electrons. The molecule has 2 bridgehead atoms. The molecule has 12 nitrogen and oxygen atoms in total. The molecule has 3 spiro atoms. The molecule has 0 radical (unpaired) electrons. The van der Waals surface area contributed by atoms with Crippen molar-refractivity contribution in [2.45, 2.75) is 118 Å². The van der Waals surface area contributed by atoms with Gasteiger partial charge < -0.3 is 55.2 Å². The Bertz CT molecular complexity index is 3030. The van der Waals surface area contributed by atoms with E-state index in [4.69, 9.17) is 14.2 Å². The number of fused-ring (bicyclic) bond motifs is 6. The number of H-pyrrole nitrogens is 1. The Morgan fingerprint density at radius 3 is 2.55 bits per heavy atom. The highest BCUT2D eigenvalue weighted by Gasteiger charge is 2.88. The SMILES string of the molecule is CNC[C@@H]1C[C@@H]2[C@@H]3C4=C[C@H](O)[C@]5(O)O[C@@H](C(=O)Oc6c(CO)[nH]c7ccc8cc9ccccc9cc8c67)[C@H](O[C@@]2(CC4)[C@@]2(CC[C@H]4CC6(CCCC6)[C@@H]6C=Cc7cc(O)ccc7[C@]462)[C@@H]1O)[C@]35O. The van der Waals surface area contributed by atoms with Gasteiger partial charge >= 0.3 is 5.97 Å². The van der Waals surface area contributed by atoms with Crippen LogP contribution >= 0.6 is 0 Å². The Labute approximate surface area is 387 Å². The Kier molecular flexibility index (Phi) is 8.38. The second kappa shape index (κ2) is 13.6. The molecule has 14 atom stereocenters. The Hall–Kier alpha value is -4.63. The maximum absolute atomic E-state index is 15.3. The molecule has 9 aliphatic rings. The van der Waals surface area contributed by atoms with E-state index in [9.17, 15) is 30.6 Å². The number of aliphatic hydroxyl groups excluding tert-OH is 3. The molecule has 2 saturated heterocycles. The van der Waals surface area contributed by atoms with Gasteiger partial charge in [0, 0.05) is 23.3 Å². The van der Waals surface area contributed by atoms with E-state index in [1.807, 2.05) is 55.6 Å². The van der Waals surface area contributed by atoms with E-state index in [1.54, 1.807) is 12.1 Å². The summed E-state index contributed by atoms with van der Waals surface area (Å²) in [5.41, 5.74) is -1.23. The van der Waals surface area contributed by atoms with Gasteiger partial charge in [-0.25, -0.2) is 4.79 Å². The molecule has 2 aliphatic heterocycles. The fraction of sp³-hybridized carbons (Fsp3) is 0.509. The van der Waals surface area contributed by atoms with Crippen LogP contribution in [0.1, 0.15) is 81.0 Å². The minimum Gasteiger partial charge on any atom is -0.508 e. The van der Waals surface area contributed by atoms with Gasteiger partial charge in [0.25, 0.3) is 0 Å². The monoisotopic (exact) mass is 906 g/mol. The third kappa shape index (κ3) is 4.66. The van der Waals surface area contributed by atoms with Crippen LogP contribution in [-0.4, -0.2) is 96.6 Å². The van der Waals surface area contributed by atoms with Crippen molar-refractivity contribution in [3.8, 4) is 11.5 Å². The molecule has 14 rings (SSSR count). The molecule has 5 aromatic rings. The third-order valence-electron chi connectivity index (χ3n) is 20.0. The zero-order valence-corrected chi connectivity index (χ0v) is 37.6. The van der Waals surface area contributed by atoms with Crippen molar-refractivity contribution in [1.82, 2.24) is 10.3 Å². The van der Waals surface area contributed by atoms with Crippen LogP contribution < -0.4 is 10.1 Å². The summed E-state index contributed by atoms with van der Waals surface area (Å²) in [6.07, 6.45) is 8.80.